The molecule has 2 rings (SSSR count). The van der Waals surface area contributed by atoms with Crippen LogP contribution in [0.5, 0.6) is 0 Å². The molecule has 1 aromatic carbocycles. The number of rotatable bonds is 0. The fourth-order valence-corrected chi connectivity index (χ4v) is 1.81. The van der Waals surface area contributed by atoms with Crippen LogP contribution in [0.1, 0.15) is 11.1 Å². The van der Waals surface area contributed by atoms with Crippen LogP contribution in [0.2, 0.25) is 0 Å². The van der Waals surface area contributed by atoms with Crippen molar-refractivity contribution in [1.82, 2.24) is 0 Å². The van der Waals surface area contributed by atoms with Gasteiger partial charge in [0.15, 0.2) is 0 Å². The van der Waals surface area contributed by atoms with Gasteiger partial charge in [-0.2, -0.15) is 0 Å². The molecule has 0 fully saturated rings. The number of ether oxygens (including phenoxy) is 1. The number of benzene rings is 1. The number of fused-ring (bicyclic) bond motifs is 1. The van der Waals surface area contributed by atoms with Gasteiger partial charge in [0.25, 0.3) is 0 Å². The minimum Gasteiger partial charge on any atom is -0.398 e. The maximum atomic E-state index is 5.76. The van der Waals surface area contributed by atoms with Gasteiger partial charge in [0.2, 0.25) is 0 Å². The highest BCUT2D eigenvalue weighted by atomic mass is 79.9. The number of halogens is 1. The first-order chi connectivity index (χ1) is 5.27. The summed E-state index contributed by atoms with van der Waals surface area (Å²) in [7, 11) is 0. The van der Waals surface area contributed by atoms with Gasteiger partial charge in [-0.05, 0) is 17.7 Å². The van der Waals surface area contributed by atoms with Crippen molar-refractivity contribution in [3.05, 3.63) is 27.7 Å². The topological polar surface area (TPSA) is 35.2 Å². The number of nitrogens with two attached hydrogens (primary N) is 1. The Morgan fingerprint density at radius 3 is 3.00 bits per heavy atom. The summed E-state index contributed by atoms with van der Waals surface area (Å²) in [6.07, 6.45) is 0. The van der Waals surface area contributed by atoms with Gasteiger partial charge < -0.3 is 10.5 Å². The number of hydrogen-bond donors (Lipinski definition) is 1. The maximum Gasteiger partial charge on any atom is 0.0745 e. The molecule has 11 heavy (non-hydrogen) atoms. The van der Waals surface area contributed by atoms with Crippen LogP contribution >= 0.6 is 15.9 Å². The molecule has 0 saturated heterocycles. The van der Waals surface area contributed by atoms with Crippen molar-refractivity contribution < 1.29 is 4.74 Å². The van der Waals surface area contributed by atoms with E-state index in [0.717, 1.165) is 15.7 Å². The highest BCUT2D eigenvalue weighted by molar-refractivity contribution is 9.10. The van der Waals surface area contributed by atoms with Crippen LogP contribution in [-0.4, -0.2) is 0 Å². The second-order valence-corrected chi connectivity index (χ2v) is 3.54. The molecule has 0 amide bonds. The predicted molar refractivity (Wildman–Crippen MR) is 47.0 cm³/mol. The van der Waals surface area contributed by atoms with E-state index in [0.29, 0.717) is 13.2 Å². The maximum absolute atomic E-state index is 5.76. The summed E-state index contributed by atoms with van der Waals surface area (Å²) < 4.78 is 6.28. The molecule has 3 heteroatoms. The molecule has 1 heterocycles. The molecular weight excluding hydrogens is 206 g/mol. The van der Waals surface area contributed by atoms with E-state index < -0.39 is 0 Å². The lowest BCUT2D eigenvalue weighted by Gasteiger charge is -2.01. The minimum atomic E-state index is 0.661. The van der Waals surface area contributed by atoms with Crippen molar-refractivity contribution in [2.24, 2.45) is 0 Å². The molecule has 1 aliphatic heterocycles. The largest absolute Gasteiger partial charge is 0.398 e. The number of anilines is 1. The van der Waals surface area contributed by atoms with Crippen LogP contribution in [0, 0.1) is 0 Å². The number of nitrogen functional groups attached to an aromatic ring is 1. The van der Waals surface area contributed by atoms with E-state index in [1.807, 2.05) is 6.07 Å². The van der Waals surface area contributed by atoms with E-state index in [9.17, 15) is 0 Å². The highest BCUT2D eigenvalue weighted by Gasteiger charge is 2.14. The zero-order valence-electron chi connectivity index (χ0n) is 5.93. The summed E-state index contributed by atoms with van der Waals surface area (Å²) in [6.45, 7) is 1.35. The Bertz CT molecular complexity index is 298. The van der Waals surface area contributed by atoms with Gasteiger partial charge in [0.05, 0.1) is 13.2 Å². The van der Waals surface area contributed by atoms with E-state index in [1.165, 1.54) is 5.56 Å². The first-order valence-corrected chi connectivity index (χ1v) is 4.21. The van der Waals surface area contributed by atoms with Gasteiger partial charge in [-0.3, -0.25) is 0 Å². The lowest BCUT2D eigenvalue weighted by atomic mass is 10.1. The lowest BCUT2D eigenvalue weighted by molar-refractivity contribution is 0.134. The molecule has 1 aliphatic rings. The van der Waals surface area contributed by atoms with E-state index in [2.05, 4.69) is 22.0 Å². The third-order valence-electron chi connectivity index (χ3n) is 1.85. The van der Waals surface area contributed by atoms with Gasteiger partial charge in [-0.15, -0.1) is 0 Å². The summed E-state index contributed by atoms with van der Waals surface area (Å²) in [5, 5.41) is 0. The van der Waals surface area contributed by atoms with Crippen LogP contribution in [-0.2, 0) is 18.0 Å². The van der Waals surface area contributed by atoms with E-state index >= 15 is 0 Å². The van der Waals surface area contributed by atoms with Crippen molar-refractivity contribution in [2.75, 3.05) is 5.73 Å². The molecular formula is C8H8BrNO. The average molecular weight is 214 g/mol. The average Bonchev–Trinajstić information content (AvgIpc) is 2.34. The normalized spacial score (nSPS) is 15.0. The minimum absolute atomic E-state index is 0.661. The van der Waals surface area contributed by atoms with Gasteiger partial charge in [-0.25, -0.2) is 0 Å². The van der Waals surface area contributed by atoms with E-state index in [4.69, 9.17) is 10.5 Å². The molecule has 0 atom stereocenters. The first-order valence-electron chi connectivity index (χ1n) is 3.42. The second kappa shape index (κ2) is 2.50. The van der Waals surface area contributed by atoms with Crippen LogP contribution in [0.3, 0.4) is 0 Å². The van der Waals surface area contributed by atoms with Gasteiger partial charge in [0.1, 0.15) is 0 Å². The van der Waals surface area contributed by atoms with Crippen molar-refractivity contribution >= 4 is 21.6 Å². The molecule has 0 bridgehead atoms. The molecule has 0 radical (unpaired) electrons. The Balaban J connectivity index is 2.60. The third-order valence-corrected chi connectivity index (χ3v) is 2.30. The van der Waals surface area contributed by atoms with Crippen molar-refractivity contribution in [3.63, 3.8) is 0 Å². The Morgan fingerprint density at radius 1 is 1.36 bits per heavy atom. The SMILES string of the molecule is Nc1cc(Br)cc2c1COC2. The van der Waals surface area contributed by atoms with Gasteiger partial charge in [0, 0.05) is 15.7 Å². The molecule has 2 nitrogen and oxygen atoms in total. The van der Waals surface area contributed by atoms with Gasteiger partial charge in [-0.1, -0.05) is 15.9 Å². The first kappa shape index (κ1) is 7.13. The van der Waals surface area contributed by atoms with E-state index in [1.54, 1.807) is 0 Å². The second-order valence-electron chi connectivity index (χ2n) is 2.63. The molecule has 0 saturated carbocycles. The number of hydrogen-bond acceptors (Lipinski definition) is 2. The summed E-state index contributed by atoms with van der Waals surface area (Å²) in [4.78, 5) is 0. The zero-order valence-corrected chi connectivity index (χ0v) is 7.52. The predicted octanol–water partition coefficient (Wildman–Crippen LogP) is 2.06. The van der Waals surface area contributed by atoms with Crippen LogP contribution < -0.4 is 5.73 Å². The molecule has 58 valence electrons. The third kappa shape index (κ3) is 1.14. The fraction of sp³-hybridized carbons (Fsp3) is 0.250. The quantitative estimate of drug-likeness (QED) is 0.671. The standard InChI is InChI=1S/C8H8BrNO/c9-6-1-5-3-11-4-7(5)8(10)2-6/h1-2H,3-4,10H2. The molecule has 1 aromatic rings. The van der Waals surface area contributed by atoms with Crippen molar-refractivity contribution in [2.45, 2.75) is 13.2 Å². The molecule has 0 aliphatic carbocycles. The fourth-order valence-electron chi connectivity index (χ4n) is 1.28. The zero-order chi connectivity index (χ0) is 7.84. The van der Waals surface area contributed by atoms with Crippen LogP contribution in [0.4, 0.5) is 5.69 Å². The molecule has 2 N–H and O–H groups in total. The molecule has 0 spiro atoms. The van der Waals surface area contributed by atoms with Crippen LogP contribution in [0.15, 0.2) is 16.6 Å². The van der Waals surface area contributed by atoms with E-state index in [-0.39, 0.29) is 0 Å². The Kier molecular flexibility index (Phi) is 1.62. The Morgan fingerprint density at radius 2 is 2.18 bits per heavy atom. The Labute approximate surface area is 73.5 Å². The summed E-state index contributed by atoms with van der Waals surface area (Å²) in [5.74, 6) is 0. The highest BCUT2D eigenvalue weighted by Crippen LogP contribution is 2.28. The van der Waals surface area contributed by atoms with Gasteiger partial charge >= 0.3 is 0 Å². The molecule has 0 unspecified atom stereocenters. The monoisotopic (exact) mass is 213 g/mol. The Hall–Kier alpha value is -0.540. The molecule has 0 aromatic heterocycles. The van der Waals surface area contributed by atoms with Crippen LogP contribution in [0.25, 0.3) is 0 Å². The summed E-state index contributed by atoms with van der Waals surface area (Å²) >= 11 is 3.38. The summed E-state index contributed by atoms with van der Waals surface area (Å²) in [5.41, 5.74) is 8.94. The van der Waals surface area contributed by atoms with Crippen molar-refractivity contribution in [3.8, 4) is 0 Å². The lowest BCUT2D eigenvalue weighted by Crippen LogP contribution is -1.92. The smallest absolute Gasteiger partial charge is 0.0745 e. The summed E-state index contributed by atoms with van der Waals surface area (Å²) in [6, 6.07) is 3.96. The van der Waals surface area contributed by atoms with Crippen molar-refractivity contribution in [1.29, 1.82) is 0 Å².